The molecule has 0 unspecified atom stereocenters. The lowest BCUT2D eigenvalue weighted by atomic mass is 9.97. The van der Waals surface area contributed by atoms with Crippen LogP contribution in [-0.4, -0.2) is 9.13 Å². The summed E-state index contributed by atoms with van der Waals surface area (Å²) in [6.45, 7) is 0. The van der Waals surface area contributed by atoms with E-state index in [1.54, 1.807) is 0 Å². The third-order valence-electron chi connectivity index (χ3n) is 10.5. The molecule has 3 heterocycles. The summed E-state index contributed by atoms with van der Waals surface area (Å²) in [5, 5.41) is 7.31. The van der Waals surface area contributed by atoms with E-state index in [-0.39, 0.29) is 0 Å². The number of para-hydroxylation sites is 5. The van der Waals surface area contributed by atoms with Crippen LogP contribution in [0.1, 0.15) is 0 Å². The largest absolute Gasteiger partial charge is 0.455 e. The SMILES string of the molecule is c1cc(-c2ccc(-n3c4ccccc4c4ccc(-n5c6ccccc6c6ccccc65)cc43)cc2)cc(-c2cccc3c2oc2ccccc23)c1. The van der Waals surface area contributed by atoms with Gasteiger partial charge in [0.1, 0.15) is 11.2 Å². The maximum atomic E-state index is 6.38. The summed E-state index contributed by atoms with van der Waals surface area (Å²) in [5.41, 5.74) is 13.5. The van der Waals surface area contributed by atoms with E-state index in [2.05, 4.69) is 179 Å². The molecule has 0 saturated heterocycles. The van der Waals surface area contributed by atoms with Crippen LogP contribution >= 0.6 is 0 Å². The zero-order valence-electron chi connectivity index (χ0n) is 27.6. The smallest absolute Gasteiger partial charge is 0.143 e. The van der Waals surface area contributed by atoms with Gasteiger partial charge in [0.25, 0.3) is 0 Å². The minimum Gasteiger partial charge on any atom is -0.455 e. The van der Waals surface area contributed by atoms with E-state index in [0.29, 0.717) is 0 Å². The number of benzene rings is 8. The Kier molecular flexibility index (Phi) is 5.96. The number of aromatic nitrogens is 2. The topological polar surface area (TPSA) is 23.0 Å². The quantitative estimate of drug-likeness (QED) is 0.186. The van der Waals surface area contributed by atoms with Gasteiger partial charge in [0, 0.05) is 49.3 Å². The fourth-order valence-corrected chi connectivity index (χ4v) is 8.22. The lowest BCUT2D eigenvalue weighted by Crippen LogP contribution is -1.97. The average Bonchev–Trinajstić information content (AvgIpc) is 3.85. The van der Waals surface area contributed by atoms with Gasteiger partial charge < -0.3 is 13.6 Å². The lowest BCUT2D eigenvalue weighted by molar-refractivity contribution is 0.670. The van der Waals surface area contributed by atoms with Gasteiger partial charge in [-0.2, -0.15) is 0 Å². The predicted octanol–water partition coefficient (Wildman–Crippen LogP) is 13.1. The summed E-state index contributed by atoms with van der Waals surface area (Å²) in [7, 11) is 0. The van der Waals surface area contributed by atoms with E-state index in [9.17, 15) is 0 Å². The van der Waals surface area contributed by atoms with Gasteiger partial charge in [-0.05, 0) is 71.3 Å². The second-order valence-corrected chi connectivity index (χ2v) is 13.3. The summed E-state index contributed by atoms with van der Waals surface area (Å²) in [6.07, 6.45) is 0. The molecule has 51 heavy (non-hydrogen) atoms. The number of furan rings is 1. The van der Waals surface area contributed by atoms with Crippen molar-refractivity contribution in [2.45, 2.75) is 0 Å². The molecule has 238 valence electrons. The third-order valence-corrected chi connectivity index (χ3v) is 10.5. The maximum Gasteiger partial charge on any atom is 0.143 e. The van der Waals surface area contributed by atoms with Gasteiger partial charge in [-0.25, -0.2) is 0 Å². The van der Waals surface area contributed by atoms with Crippen molar-refractivity contribution in [3.05, 3.63) is 182 Å². The molecule has 0 fully saturated rings. The molecule has 0 spiro atoms. The molecule has 0 radical (unpaired) electrons. The van der Waals surface area contributed by atoms with E-state index in [1.165, 1.54) is 54.7 Å². The first kappa shape index (κ1) is 28.0. The highest BCUT2D eigenvalue weighted by Crippen LogP contribution is 2.39. The lowest BCUT2D eigenvalue weighted by Gasteiger charge is -2.12. The van der Waals surface area contributed by atoms with Crippen molar-refractivity contribution in [2.24, 2.45) is 0 Å². The molecular weight excluding hydrogens is 621 g/mol. The second-order valence-electron chi connectivity index (χ2n) is 13.3. The normalized spacial score (nSPS) is 11.9. The van der Waals surface area contributed by atoms with Crippen LogP contribution in [0.3, 0.4) is 0 Å². The Bertz CT molecular complexity index is 3080. The van der Waals surface area contributed by atoms with Crippen LogP contribution in [0.25, 0.3) is 99.2 Å². The van der Waals surface area contributed by atoms with Crippen LogP contribution in [0.15, 0.2) is 186 Å². The minimum atomic E-state index is 0.916. The summed E-state index contributed by atoms with van der Waals surface area (Å²) in [5.74, 6) is 0. The molecule has 8 aromatic carbocycles. The Morgan fingerprint density at radius 1 is 0.314 bits per heavy atom. The zero-order valence-corrected chi connectivity index (χ0v) is 27.6. The van der Waals surface area contributed by atoms with Gasteiger partial charge in [0.15, 0.2) is 0 Å². The van der Waals surface area contributed by atoms with E-state index >= 15 is 0 Å². The molecule has 0 amide bonds. The number of rotatable bonds is 4. The van der Waals surface area contributed by atoms with Crippen LogP contribution in [0.4, 0.5) is 0 Å². The van der Waals surface area contributed by atoms with Crippen LogP contribution in [0.2, 0.25) is 0 Å². The fourth-order valence-electron chi connectivity index (χ4n) is 8.22. The number of hydrogen-bond donors (Lipinski definition) is 0. The van der Waals surface area contributed by atoms with E-state index in [4.69, 9.17) is 4.42 Å². The average molecular weight is 651 g/mol. The first-order valence-corrected chi connectivity index (χ1v) is 17.4. The van der Waals surface area contributed by atoms with Gasteiger partial charge in [0.05, 0.1) is 22.1 Å². The highest BCUT2D eigenvalue weighted by molar-refractivity contribution is 6.12. The first-order valence-electron chi connectivity index (χ1n) is 17.4. The summed E-state index contributed by atoms with van der Waals surface area (Å²) < 4.78 is 11.2. The standard InChI is InChI=1S/C48H30N2O/c1-6-20-44-37(13-1)38-14-2-7-21-45(38)50(44)35-27-28-40-39-15-3-5-19-43(39)49(46(40)30-35)34-25-23-31(24-26-34)32-11-9-12-33(29-32)36-17-10-18-42-41-16-4-8-22-47(41)51-48(36)42/h1-30H. The monoisotopic (exact) mass is 650 g/mol. The van der Waals surface area contributed by atoms with Crippen molar-refractivity contribution in [3.8, 4) is 33.6 Å². The van der Waals surface area contributed by atoms with E-state index < -0.39 is 0 Å². The highest BCUT2D eigenvalue weighted by Gasteiger charge is 2.17. The zero-order chi connectivity index (χ0) is 33.5. The van der Waals surface area contributed by atoms with Gasteiger partial charge in [-0.15, -0.1) is 0 Å². The molecule has 0 saturated carbocycles. The van der Waals surface area contributed by atoms with Crippen molar-refractivity contribution in [2.75, 3.05) is 0 Å². The molecule has 3 nitrogen and oxygen atoms in total. The molecule has 0 aliphatic rings. The second kappa shape index (κ2) is 10.8. The molecule has 11 aromatic rings. The fraction of sp³-hybridized carbons (Fsp3) is 0. The van der Waals surface area contributed by atoms with Gasteiger partial charge in [-0.3, -0.25) is 0 Å². The van der Waals surface area contributed by atoms with E-state index in [0.717, 1.165) is 44.4 Å². The van der Waals surface area contributed by atoms with Gasteiger partial charge >= 0.3 is 0 Å². The molecule has 3 heteroatoms. The molecule has 0 bridgehead atoms. The van der Waals surface area contributed by atoms with Crippen LogP contribution < -0.4 is 0 Å². The summed E-state index contributed by atoms with van der Waals surface area (Å²) >= 11 is 0. The molecule has 0 N–H and O–H groups in total. The molecule has 0 aliphatic carbocycles. The van der Waals surface area contributed by atoms with Crippen molar-refractivity contribution >= 4 is 65.6 Å². The predicted molar refractivity (Wildman–Crippen MR) is 213 cm³/mol. The molecule has 11 rings (SSSR count). The number of nitrogens with zero attached hydrogens (tertiary/aromatic N) is 2. The van der Waals surface area contributed by atoms with Gasteiger partial charge in [-0.1, -0.05) is 127 Å². The number of fused-ring (bicyclic) bond motifs is 9. The van der Waals surface area contributed by atoms with Crippen molar-refractivity contribution < 1.29 is 4.42 Å². The third kappa shape index (κ3) is 4.19. The Labute approximate surface area is 293 Å². The number of hydrogen-bond acceptors (Lipinski definition) is 1. The minimum absolute atomic E-state index is 0.916. The molecule has 0 atom stereocenters. The summed E-state index contributed by atoms with van der Waals surface area (Å²) in [4.78, 5) is 0. The van der Waals surface area contributed by atoms with Crippen LogP contribution in [-0.2, 0) is 0 Å². The first-order chi connectivity index (χ1) is 25.3. The highest BCUT2D eigenvalue weighted by atomic mass is 16.3. The van der Waals surface area contributed by atoms with Crippen molar-refractivity contribution in [3.63, 3.8) is 0 Å². The van der Waals surface area contributed by atoms with Gasteiger partial charge in [0.2, 0.25) is 0 Å². The Balaban J connectivity index is 1.04. The summed E-state index contributed by atoms with van der Waals surface area (Å²) in [6, 6.07) is 65.5. The Hall–Kier alpha value is -6.84. The molecule has 3 aromatic heterocycles. The van der Waals surface area contributed by atoms with Crippen LogP contribution in [0.5, 0.6) is 0 Å². The molecule has 0 aliphatic heterocycles. The van der Waals surface area contributed by atoms with E-state index in [1.807, 2.05) is 12.1 Å². The van der Waals surface area contributed by atoms with Crippen LogP contribution in [0, 0.1) is 0 Å². The Morgan fingerprint density at radius 3 is 1.55 bits per heavy atom. The maximum absolute atomic E-state index is 6.38. The van der Waals surface area contributed by atoms with Crippen molar-refractivity contribution in [1.29, 1.82) is 0 Å². The Morgan fingerprint density at radius 2 is 0.843 bits per heavy atom. The molecular formula is C48H30N2O. The van der Waals surface area contributed by atoms with Crippen molar-refractivity contribution in [1.82, 2.24) is 9.13 Å².